The van der Waals surface area contributed by atoms with Crippen molar-refractivity contribution in [1.82, 2.24) is 10.6 Å². The second-order valence-corrected chi connectivity index (χ2v) is 9.68. The Labute approximate surface area is 210 Å². The summed E-state index contributed by atoms with van der Waals surface area (Å²) in [4.78, 5) is 54.7. The highest BCUT2D eigenvalue weighted by atomic mass is 16.6. The van der Waals surface area contributed by atoms with Gasteiger partial charge in [-0.25, -0.2) is 9.59 Å². The van der Waals surface area contributed by atoms with Crippen molar-refractivity contribution in [2.45, 2.75) is 77.9 Å². The van der Waals surface area contributed by atoms with Crippen LogP contribution in [-0.4, -0.2) is 60.5 Å². The Bertz CT molecular complexity index is 956. The molecule has 0 bridgehead atoms. The standard InChI is InChI=1S/C25H35N3O8/c1-15(2)21(27-24(32)34-14-16-10-8-7-9-11-16)17-12-19(36-28-17)22(30)26-18(23(31)33-6)13-20(29)35-25(3,4)5/h7-11,15,18-19,21H,12-14H2,1-6H3,(H,26,30)(H,27,32)/t18-,19?,21-/m0/s1. The van der Waals surface area contributed by atoms with E-state index in [1.54, 1.807) is 20.8 Å². The lowest BCUT2D eigenvalue weighted by Crippen LogP contribution is -2.48. The van der Waals surface area contributed by atoms with Gasteiger partial charge in [-0.05, 0) is 32.3 Å². The zero-order valence-corrected chi connectivity index (χ0v) is 21.5. The normalized spacial score (nSPS) is 16.8. The van der Waals surface area contributed by atoms with Crippen molar-refractivity contribution in [3.05, 3.63) is 35.9 Å². The van der Waals surface area contributed by atoms with Gasteiger partial charge in [-0.3, -0.25) is 9.59 Å². The molecule has 36 heavy (non-hydrogen) atoms. The van der Waals surface area contributed by atoms with E-state index in [1.165, 1.54) is 0 Å². The molecule has 3 atom stereocenters. The lowest BCUT2D eigenvalue weighted by Gasteiger charge is -2.23. The molecule has 0 aromatic heterocycles. The zero-order chi connectivity index (χ0) is 26.9. The fourth-order valence-electron chi connectivity index (χ4n) is 3.40. The van der Waals surface area contributed by atoms with Crippen LogP contribution >= 0.6 is 0 Å². The summed E-state index contributed by atoms with van der Waals surface area (Å²) in [5.74, 6) is -2.19. The molecule has 11 nitrogen and oxygen atoms in total. The Morgan fingerprint density at radius 1 is 1.11 bits per heavy atom. The highest BCUT2D eigenvalue weighted by Gasteiger charge is 2.37. The van der Waals surface area contributed by atoms with Crippen molar-refractivity contribution in [1.29, 1.82) is 0 Å². The van der Waals surface area contributed by atoms with Crippen molar-refractivity contribution in [3.63, 3.8) is 0 Å². The summed E-state index contributed by atoms with van der Waals surface area (Å²) in [6.45, 7) is 8.95. The molecule has 1 aromatic carbocycles. The van der Waals surface area contributed by atoms with Gasteiger partial charge < -0.3 is 29.7 Å². The molecule has 0 aliphatic carbocycles. The van der Waals surface area contributed by atoms with E-state index in [2.05, 4.69) is 15.8 Å². The van der Waals surface area contributed by atoms with Crippen molar-refractivity contribution in [2.24, 2.45) is 11.1 Å². The van der Waals surface area contributed by atoms with Crippen LogP contribution in [0.3, 0.4) is 0 Å². The highest BCUT2D eigenvalue weighted by Crippen LogP contribution is 2.18. The number of carbonyl (C=O) groups excluding carboxylic acids is 4. The number of methoxy groups -OCH3 is 1. The van der Waals surface area contributed by atoms with E-state index < -0.39 is 54.1 Å². The summed E-state index contributed by atoms with van der Waals surface area (Å²) in [7, 11) is 1.15. The van der Waals surface area contributed by atoms with Gasteiger partial charge in [0, 0.05) is 6.42 Å². The van der Waals surface area contributed by atoms with E-state index in [0.717, 1.165) is 12.7 Å². The molecule has 2 amide bonds. The lowest BCUT2D eigenvalue weighted by atomic mass is 9.95. The maximum absolute atomic E-state index is 12.8. The molecule has 1 aromatic rings. The number of nitrogens with one attached hydrogen (secondary N) is 2. The Balaban J connectivity index is 1.94. The highest BCUT2D eigenvalue weighted by molar-refractivity contribution is 5.98. The summed E-state index contributed by atoms with van der Waals surface area (Å²) >= 11 is 0. The Morgan fingerprint density at radius 2 is 1.78 bits per heavy atom. The van der Waals surface area contributed by atoms with Crippen LogP contribution in [-0.2, 0) is 40.0 Å². The SMILES string of the molecule is COC(=O)[C@H](CC(=O)OC(C)(C)C)NC(=O)C1CC([C@@H](NC(=O)OCc2ccccc2)C(C)C)=NO1. The van der Waals surface area contributed by atoms with Crippen LogP contribution in [0, 0.1) is 5.92 Å². The van der Waals surface area contributed by atoms with E-state index >= 15 is 0 Å². The first-order valence-corrected chi connectivity index (χ1v) is 11.7. The topological polar surface area (TPSA) is 142 Å². The smallest absolute Gasteiger partial charge is 0.408 e. The molecule has 0 saturated carbocycles. The molecule has 0 radical (unpaired) electrons. The van der Waals surface area contributed by atoms with Crippen LogP contribution < -0.4 is 10.6 Å². The van der Waals surface area contributed by atoms with Gasteiger partial charge in [-0.15, -0.1) is 0 Å². The van der Waals surface area contributed by atoms with E-state index in [1.807, 2.05) is 44.2 Å². The molecule has 2 rings (SSSR count). The fraction of sp³-hybridized carbons (Fsp3) is 0.560. The Hall–Kier alpha value is -3.63. The van der Waals surface area contributed by atoms with Gasteiger partial charge in [0.25, 0.3) is 5.91 Å². The molecule has 11 heteroatoms. The van der Waals surface area contributed by atoms with Crippen molar-refractivity contribution in [3.8, 4) is 0 Å². The van der Waals surface area contributed by atoms with Gasteiger partial charge in [-0.1, -0.05) is 49.3 Å². The minimum atomic E-state index is -1.25. The van der Waals surface area contributed by atoms with Crippen LogP contribution in [0.25, 0.3) is 0 Å². The lowest BCUT2D eigenvalue weighted by molar-refractivity contribution is -0.159. The van der Waals surface area contributed by atoms with Gasteiger partial charge in [0.1, 0.15) is 18.2 Å². The Kier molecular flexibility index (Phi) is 10.2. The number of carbonyl (C=O) groups is 4. The van der Waals surface area contributed by atoms with Gasteiger partial charge in [0.2, 0.25) is 6.10 Å². The average molecular weight is 506 g/mol. The van der Waals surface area contributed by atoms with Gasteiger partial charge in [0.05, 0.1) is 25.3 Å². The Morgan fingerprint density at radius 3 is 2.36 bits per heavy atom. The minimum absolute atomic E-state index is 0.0755. The van der Waals surface area contributed by atoms with Crippen LogP contribution in [0.2, 0.25) is 0 Å². The monoisotopic (exact) mass is 505 g/mol. The second-order valence-electron chi connectivity index (χ2n) is 9.68. The maximum atomic E-state index is 12.8. The quantitative estimate of drug-likeness (QED) is 0.365. The van der Waals surface area contributed by atoms with E-state index in [4.69, 9.17) is 19.0 Å². The van der Waals surface area contributed by atoms with Crippen LogP contribution in [0.1, 0.15) is 53.0 Å². The number of rotatable bonds is 10. The van der Waals surface area contributed by atoms with E-state index in [9.17, 15) is 19.2 Å². The van der Waals surface area contributed by atoms with Crippen LogP contribution in [0.5, 0.6) is 0 Å². The molecule has 0 saturated heterocycles. The number of nitrogens with zero attached hydrogens (tertiary/aromatic N) is 1. The first-order valence-electron chi connectivity index (χ1n) is 11.7. The molecule has 1 heterocycles. The van der Waals surface area contributed by atoms with E-state index in [0.29, 0.717) is 5.71 Å². The number of esters is 2. The number of benzene rings is 1. The third kappa shape index (κ3) is 9.20. The fourth-order valence-corrected chi connectivity index (χ4v) is 3.40. The summed E-state index contributed by atoms with van der Waals surface area (Å²) in [6, 6.07) is 7.46. The summed E-state index contributed by atoms with van der Waals surface area (Å²) in [5.41, 5.74) is 0.544. The molecule has 0 fully saturated rings. The van der Waals surface area contributed by atoms with Crippen LogP contribution in [0.4, 0.5) is 4.79 Å². The van der Waals surface area contributed by atoms with Gasteiger partial charge in [0.15, 0.2) is 0 Å². The number of hydrogen-bond acceptors (Lipinski definition) is 9. The predicted octanol–water partition coefficient (Wildman–Crippen LogP) is 2.47. The van der Waals surface area contributed by atoms with Crippen molar-refractivity contribution in [2.75, 3.05) is 7.11 Å². The maximum Gasteiger partial charge on any atom is 0.408 e. The molecule has 198 valence electrons. The van der Waals surface area contributed by atoms with E-state index in [-0.39, 0.29) is 18.9 Å². The molecule has 1 aliphatic rings. The number of hydrogen-bond donors (Lipinski definition) is 2. The number of amides is 2. The second kappa shape index (κ2) is 12.9. The first kappa shape index (κ1) is 28.6. The third-order valence-corrected chi connectivity index (χ3v) is 5.09. The number of alkyl carbamates (subject to hydrolysis) is 1. The van der Waals surface area contributed by atoms with Crippen LogP contribution in [0.15, 0.2) is 35.5 Å². The largest absolute Gasteiger partial charge is 0.467 e. The van der Waals surface area contributed by atoms with Gasteiger partial charge >= 0.3 is 18.0 Å². The number of ether oxygens (including phenoxy) is 3. The molecule has 0 spiro atoms. The molecule has 2 N–H and O–H groups in total. The first-order chi connectivity index (χ1) is 16.9. The number of oxime groups is 1. The molecular weight excluding hydrogens is 470 g/mol. The predicted molar refractivity (Wildman–Crippen MR) is 130 cm³/mol. The summed E-state index contributed by atoms with van der Waals surface area (Å²) < 4.78 is 15.2. The van der Waals surface area contributed by atoms with Gasteiger partial charge in [-0.2, -0.15) is 0 Å². The molecular formula is C25H35N3O8. The summed E-state index contributed by atoms with van der Waals surface area (Å²) in [5, 5.41) is 9.23. The van der Waals surface area contributed by atoms with Crippen molar-refractivity contribution < 1.29 is 38.2 Å². The summed E-state index contributed by atoms with van der Waals surface area (Å²) in [6.07, 6.45) is -2.00. The zero-order valence-electron chi connectivity index (χ0n) is 21.5. The van der Waals surface area contributed by atoms with Crippen molar-refractivity contribution >= 4 is 29.7 Å². The third-order valence-electron chi connectivity index (χ3n) is 5.09. The average Bonchev–Trinajstić information content (AvgIpc) is 3.29. The minimum Gasteiger partial charge on any atom is -0.467 e. The molecule has 1 aliphatic heterocycles. The molecule has 1 unspecified atom stereocenters.